The van der Waals surface area contributed by atoms with E-state index in [4.69, 9.17) is 0 Å². The first-order valence-corrected chi connectivity index (χ1v) is 8.13. The number of carbonyl (C=O) groups excluding carboxylic acids is 2. The summed E-state index contributed by atoms with van der Waals surface area (Å²) < 4.78 is 0.692. The number of rotatable bonds is 4. The predicted molar refractivity (Wildman–Crippen MR) is 86.4 cm³/mol. The van der Waals surface area contributed by atoms with Crippen molar-refractivity contribution in [3.05, 3.63) is 22.3 Å². The number of nitrogens with zero attached hydrogens (tertiary/aromatic N) is 1. The van der Waals surface area contributed by atoms with E-state index in [1.807, 2.05) is 19.1 Å². The summed E-state index contributed by atoms with van der Waals surface area (Å²) in [6.45, 7) is 4.06. The number of aryl methyl sites for hydroxylation is 1. The van der Waals surface area contributed by atoms with Crippen LogP contribution in [0.5, 0.6) is 0 Å². The molecule has 22 heavy (non-hydrogen) atoms. The monoisotopic (exact) mass is 366 g/mol. The largest absolute Gasteiger partial charge is 0.356 e. The van der Waals surface area contributed by atoms with Gasteiger partial charge < -0.3 is 16.0 Å². The van der Waals surface area contributed by atoms with Crippen molar-refractivity contribution in [2.75, 3.05) is 11.9 Å². The van der Waals surface area contributed by atoms with E-state index >= 15 is 0 Å². The SMILES string of the molecule is CC(=O)NC[C@@]12C[C@@H](C(=O)Nc3nc(Br)ccc3C)N[C@@H]1C2. The van der Waals surface area contributed by atoms with Crippen molar-refractivity contribution in [2.24, 2.45) is 5.41 Å². The first-order chi connectivity index (χ1) is 10.4. The molecule has 1 aromatic heterocycles. The number of hydrogen-bond donors (Lipinski definition) is 3. The summed E-state index contributed by atoms with van der Waals surface area (Å²) in [5.41, 5.74) is 0.973. The molecule has 0 unspecified atom stereocenters. The summed E-state index contributed by atoms with van der Waals surface area (Å²) in [4.78, 5) is 27.8. The smallest absolute Gasteiger partial charge is 0.242 e. The van der Waals surface area contributed by atoms with Gasteiger partial charge in [-0.2, -0.15) is 0 Å². The lowest BCUT2D eigenvalue weighted by atomic mass is 9.99. The minimum Gasteiger partial charge on any atom is -0.356 e. The van der Waals surface area contributed by atoms with E-state index in [-0.39, 0.29) is 23.3 Å². The molecule has 118 valence electrons. The average Bonchev–Trinajstić information content (AvgIpc) is 3.02. The minimum atomic E-state index is -0.229. The number of fused-ring (bicyclic) bond motifs is 1. The van der Waals surface area contributed by atoms with Gasteiger partial charge in [-0.15, -0.1) is 0 Å². The number of amides is 2. The van der Waals surface area contributed by atoms with Crippen LogP contribution in [0.2, 0.25) is 0 Å². The Hall–Kier alpha value is -1.47. The van der Waals surface area contributed by atoms with E-state index in [1.165, 1.54) is 6.92 Å². The molecule has 0 bridgehead atoms. The second-order valence-electron chi connectivity index (χ2n) is 6.24. The number of carbonyl (C=O) groups is 2. The summed E-state index contributed by atoms with van der Waals surface area (Å²) in [6, 6.07) is 3.85. The fourth-order valence-electron chi connectivity index (χ4n) is 3.09. The highest BCUT2D eigenvalue weighted by Gasteiger charge is 2.61. The molecular formula is C15H19BrN4O2. The zero-order valence-electron chi connectivity index (χ0n) is 12.6. The van der Waals surface area contributed by atoms with Crippen LogP contribution in [-0.4, -0.2) is 35.4 Å². The average molecular weight is 367 g/mol. The van der Waals surface area contributed by atoms with Crippen LogP contribution in [0.3, 0.4) is 0 Å². The highest BCUT2D eigenvalue weighted by Crippen LogP contribution is 2.54. The third-order valence-corrected chi connectivity index (χ3v) is 4.95. The van der Waals surface area contributed by atoms with E-state index in [2.05, 4.69) is 36.9 Å². The number of halogens is 1. The number of anilines is 1. The van der Waals surface area contributed by atoms with Gasteiger partial charge in [-0.3, -0.25) is 9.59 Å². The normalized spacial score (nSPS) is 28.9. The molecule has 3 rings (SSSR count). The Bertz CT molecular complexity index is 636. The van der Waals surface area contributed by atoms with Crippen molar-refractivity contribution in [1.29, 1.82) is 0 Å². The van der Waals surface area contributed by atoms with Crippen molar-refractivity contribution in [1.82, 2.24) is 15.6 Å². The molecule has 1 saturated carbocycles. The van der Waals surface area contributed by atoms with Crippen molar-refractivity contribution in [2.45, 2.75) is 38.8 Å². The number of nitrogens with one attached hydrogen (secondary N) is 3. The fourth-order valence-corrected chi connectivity index (χ4v) is 3.40. The molecule has 1 aromatic rings. The Morgan fingerprint density at radius 3 is 2.95 bits per heavy atom. The summed E-state index contributed by atoms with van der Waals surface area (Å²) in [6.07, 6.45) is 1.77. The van der Waals surface area contributed by atoms with Crippen LogP contribution in [0.15, 0.2) is 16.7 Å². The van der Waals surface area contributed by atoms with E-state index in [0.29, 0.717) is 23.0 Å². The van der Waals surface area contributed by atoms with Gasteiger partial charge in [0.1, 0.15) is 10.4 Å². The van der Waals surface area contributed by atoms with Crippen LogP contribution in [0.4, 0.5) is 5.82 Å². The van der Waals surface area contributed by atoms with Gasteiger partial charge in [0.15, 0.2) is 0 Å². The van der Waals surface area contributed by atoms with Gasteiger partial charge in [0.25, 0.3) is 0 Å². The van der Waals surface area contributed by atoms with Gasteiger partial charge in [0, 0.05) is 24.9 Å². The topological polar surface area (TPSA) is 83.1 Å². The first-order valence-electron chi connectivity index (χ1n) is 7.34. The minimum absolute atomic E-state index is 0.0260. The maximum Gasteiger partial charge on any atom is 0.242 e. The molecule has 0 aromatic carbocycles. The van der Waals surface area contributed by atoms with E-state index in [9.17, 15) is 9.59 Å². The Kier molecular flexibility index (Phi) is 3.94. The van der Waals surface area contributed by atoms with E-state index < -0.39 is 0 Å². The third kappa shape index (κ3) is 3.01. The van der Waals surface area contributed by atoms with Crippen LogP contribution in [0.25, 0.3) is 0 Å². The van der Waals surface area contributed by atoms with Crippen molar-refractivity contribution >= 4 is 33.6 Å². The zero-order chi connectivity index (χ0) is 15.9. The van der Waals surface area contributed by atoms with E-state index in [1.54, 1.807) is 0 Å². The summed E-state index contributed by atoms with van der Waals surface area (Å²) in [7, 11) is 0. The Labute approximate surface area is 137 Å². The van der Waals surface area contributed by atoms with Crippen molar-refractivity contribution < 1.29 is 9.59 Å². The highest BCUT2D eigenvalue weighted by atomic mass is 79.9. The maximum atomic E-state index is 12.4. The first kappa shape index (κ1) is 15.4. The number of aromatic nitrogens is 1. The lowest BCUT2D eigenvalue weighted by molar-refractivity contribution is -0.119. The van der Waals surface area contributed by atoms with Crippen molar-refractivity contribution in [3.63, 3.8) is 0 Å². The zero-order valence-corrected chi connectivity index (χ0v) is 14.2. The second kappa shape index (κ2) is 5.62. The van der Waals surface area contributed by atoms with Crippen LogP contribution in [0.1, 0.15) is 25.3 Å². The Balaban J connectivity index is 1.61. The number of hydrogen-bond acceptors (Lipinski definition) is 4. The Morgan fingerprint density at radius 1 is 1.45 bits per heavy atom. The third-order valence-electron chi connectivity index (χ3n) is 4.51. The fraction of sp³-hybridized carbons (Fsp3) is 0.533. The van der Waals surface area contributed by atoms with Gasteiger partial charge in [-0.1, -0.05) is 6.07 Å². The van der Waals surface area contributed by atoms with Gasteiger partial charge in [-0.05, 0) is 47.3 Å². The molecule has 0 spiro atoms. The molecule has 1 aliphatic carbocycles. The molecule has 0 radical (unpaired) electrons. The highest BCUT2D eigenvalue weighted by molar-refractivity contribution is 9.10. The van der Waals surface area contributed by atoms with Gasteiger partial charge >= 0.3 is 0 Å². The van der Waals surface area contributed by atoms with Crippen LogP contribution >= 0.6 is 15.9 Å². The second-order valence-corrected chi connectivity index (χ2v) is 7.05. The number of piperidine rings is 1. The molecular weight excluding hydrogens is 348 g/mol. The molecule has 2 heterocycles. The van der Waals surface area contributed by atoms with Crippen LogP contribution in [0, 0.1) is 12.3 Å². The molecule has 2 fully saturated rings. The van der Waals surface area contributed by atoms with Crippen LogP contribution < -0.4 is 16.0 Å². The molecule has 2 aliphatic rings. The molecule has 1 saturated heterocycles. The lowest BCUT2D eigenvalue weighted by Gasteiger charge is -2.17. The summed E-state index contributed by atoms with van der Waals surface area (Å²) >= 11 is 3.31. The molecule has 7 heteroatoms. The van der Waals surface area contributed by atoms with Crippen molar-refractivity contribution in [3.8, 4) is 0 Å². The molecule has 1 aliphatic heterocycles. The summed E-state index contributed by atoms with van der Waals surface area (Å²) in [5, 5.41) is 9.10. The number of pyridine rings is 1. The molecule has 3 atom stereocenters. The standard InChI is InChI=1S/C15H19BrN4O2/c1-8-3-4-12(16)19-13(8)20-14(22)10-5-15(6-11(15)18-10)7-17-9(2)21/h3-4,10-11,18H,5-7H2,1-2H3,(H,17,21)(H,19,20,22)/t10-,11+,15-/m0/s1. The molecule has 2 amide bonds. The van der Waals surface area contributed by atoms with E-state index in [0.717, 1.165) is 18.4 Å². The van der Waals surface area contributed by atoms with Gasteiger partial charge in [0.05, 0.1) is 6.04 Å². The van der Waals surface area contributed by atoms with Gasteiger partial charge in [-0.25, -0.2) is 4.98 Å². The maximum absolute atomic E-state index is 12.4. The molecule has 6 nitrogen and oxygen atoms in total. The lowest BCUT2D eigenvalue weighted by Crippen LogP contribution is -2.38. The predicted octanol–water partition coefficient (Wildman–Crippen LogP) is 1.35. The van der Waals surface area contributed by atoms with Gasteiger partial charge in [0.2, 0.25) is 11.8 Å². The Morgan fingerprint density at radius 2 is 2.23 bits per heavy atom. The summed E-state index contributed by atoms with van der Waals surface area (Å²) in [5.74, 6) is 0.489. The molecule has 3 N–H and O–H groups in total. The van der Waals surface area contributed by atoms with Crippen LogP contribution in [-0.2, 0) is 9.59 Å². The quantitative estimate of drug-likeness (QED) is 0.702.